The van der Waals surface area contributed by atoms with Crippen molar-refractivity contribution >= 4 is 28.9 Å². The first-order valence-electron chi connectivity index (χ1n) is 7.16. The number of nitrogens with one attached hydrogen (secondary N) is 1. The maximum absolute atomic E-state index is 12.0. The van der Waals surface area contributed by atoms with E-state index in [2.05, 4.69) is 5.32 Å². The lowest BCUT2D eigenvalue weighted by molar-refractivity contribution is -0.117. The van der Waals surface area contributed by atoms with E-state index in [9.17, 15) is 4.79 Å². The molecule has 1 aromatic rings. The van der Waals surface area contributed by atoms with Crippen molar-refractivity contribution in [2.45, 2.75) is 12.8 Å². The van der Waals surface area contributed by atoms with Gasteiger partial charge in [0.25, 0.3) is 0 Å². The highest BCUT2D eigenvalue weighted by Gasteiger charge is 2.17. The summed E-state index contributed by atoms with van der Waals surface area (Å²) in [5.74, 6) is 0.428. The van der Waals surface area contributed by atoms with Gasteiger partial charge < -0.3 is 15.8 Å². The van der Waals surface area contributed by atoms with Gasteiger partial charge in [0, 0.05) is 18.8 Å². The molecule has 1 fully saturated rings. The van der Waals surface area contributed by atoms with Crippen molar-refractivity contribution in [3.05, 3.63) is 23.2 Å². The van der Waals surface area contributed by atoms with Crippen molar-refractivity contribution in [2.24, 2.45) is 5.92 Å². The number of hydrogen-bond acceptors (Lipinski definition) is 4. The van der Waals surface area contributed by atoms with E-state index in [-0.39, 0.29) is 5.91 Å². The number of hydrogen-bond donors (Lipinski definition) is 2. The van der Waals surface area contributed by atoms with E-state index >= 15 is 0 Å². The average molecular weight is 312 g/mol. The molecule has 1 heterocycles. The highest BCUT2D eigenvalue weighted by atomic mass is 35.5. The van der Waals surface area contributed by atoms with Gasteiger partial charge in [0.2, 0.25) is 5.91 Å². The van der Waals surface area contributed by atoms with Crippen LogP contribution >= 0.6 is 11.6 Å². The van der Waals surface area contributed by atoms with Gasteiger partial charge in [-0.2, -0.15) is 0 Å². The molecule has 0 aromatic heterocycles. The van der Waals surface area contributed by atoms with Crippen LogP contribution in [0.15, 0.2) is 18.2 Å². The van der Waals surface area contributed by atoms with Gasteiger partial charge in [-0.05, 0) is 44.0 Å². The molecule has 0 bridgehead atoms. The number of anilines is 2. The minimum absolute atomic E-state index is 0.0825. The molecule has 6 heteroatoms. The summed E-state index contributed by atoms with van der Waals surface area (Å²) in [7, 11) is 1.94. The molecule has 1 aromatic carbocycles. The molecule has 1 aliphatic heterocycles. The second-order valence-electron chi connectivity index (χ2n) is 5.57. The zero-order valence-electron chi connectivity index (χ0n) is 12.3. The molecule has 21 heavy (non-hydrogen) atoms. The molecule has 0 aliphatic carbocycles. The number of carbonyl (C=O) groups is 1. The van der Waals surface area contributed by atoms with E-state index < -0.39 is 0 Å². The van der Waals surface area contributed by atoms with Gasteiger partial charge in [0.15, 0.2) is 0 Å². The van der Waals surface area contributed by atoms with Gasteiger partial charge >= 0.3 is 0 Å². The van der Waals surface area contributed by atoms with E-state index in [1.54, 1.807) is 18.2 Å². The predicted octanol–water partition coefficient (Wildman–Crippen LogP) is 2.22. The highest BCUT2D eigenvalue weighted by Crippen LogP contribution is 2.24. The van der Waals surface area contributed by atoms with Crippen LogP contribution in [0.3, 0.4) is 0 Å². The number of amides is 1. The molecule has 0 saturated carbocycles. The molecule has 1 amide bonds. The Kier molecular flexibility index (Phi) is 5.85. The average Bonchev–Trinajstić information content (AvgIpc) is 2.43. The van der Waals surface area contributed by atoms with E-state index in [0.717, 1.165) is 32.6 Å². The number of halogens is 1. The Morgan fingerprint density at radius 2 is 2.38 bits per heavy atom. The number of likely N-dealkylation sites (N-methyl/N-ethyl adjacent to an activating group) is 1. The molecule has 116 valence electrons. The third-order valence-electron chi connectivity index (χ3n) is 3.51. The van der Waals surface area contributed by atoms with Crippen LogP contribution in [0.1, 0.15) is 12.8 Å². The molecule has 0 radical (unpaired) electrons. The van der Waals surface area contributed by atoms with E-state index in [1.807, 2.05) is 11.9 Å². The summed E-state index contributed by atoms with van der Waals surface area (Å²) in [6, 6.07) is 5.05. The van der Waals surface area contributed by atoms with Crippen molar-refractivity contribution < 1.29 is 9.53 Å². The van der Waals surface area contributed by atoms with Gasteiger partial charge in [-0.3, -0.25) is 9.69 Å². The summed E-state index contributed by atoms with van der Waals surface area (Å²) in [5.41, 5.74) is 6.79. The first kappa shape index (κ1) is 16.1. The molecular formula is C15H22ClN3O2. The number of ether oxygens (including phenoxy) is 1. The Morgan fingerprint density at radius 1 is 1.57 bits per heavy atom. The van der Waals surface area contributed by atoms with Crippen LogP contribution in [-0.2, 0) is 9.53 Å². The maximum atomic E-state index is 12.0. The third kappa shape index (κ3) is 5.19. The van der Waals surface area contributed by atoms with Crippen LogP contribution in [0.5, 0.6) is 0 Å². The van der Waals surface area contributed by atoms with Gasteiger partial charge in [-0.15, -0.1) is 0 Å². The third-order valence-corrected chi connectivity index (χ3v) is 3.82. The van der Waals surface area contributed by atoms with Crippen LogP contribution < -0.4 is 11.1 Å². The Labute approximate surface area is 130 Å². The van der Waals surface area contributed by atoms with Gasteiger partial charge in [-0.1, -0.05) is 11.6 Å². The number of rotatable bonds is 5. The van der Waals surface area contributed by atoms with Crippen LogP contribution in [-0.4, -0.2) is 44.2 Å². The van der Waals surface area contributed by atoms with Gasteiger partial charge in [-0.25, -0.2) is 0 Å². The van der Waals surface area contributed by atoms with Crippen LogP contribution in [0.2, 0.25) is 5.02 Å². The normalized spacial score (nSPS) is 18.7. The van der Waals surface area contributed by atoms with Crippen LogP contribution in [0.25, 0.3) is 0 Å². The van der Waals surface area contributed by atoms with Gasteiger partial charge in [0.1, 0.15) is 0 Å². The number of nitrogen functional groups attached to an aromatic ring is 1. The van der Waals surface area contributed by atoms with E-state index in [1.165, 1.54) is 0 Å². The molecule has 1 atom stereocenters. The Bertz CT molecular complexity index is 490. The van der Waals surface area contributed by atoms with Crippen molar-refractivity contribution in [1.82, 2.24) is 4.90 Å². The molecule has 0 spiro atoms. The lowest BCUT2D eigenvalue weighted by Gasteiger charge is -2.26. The smallest absolute Gasteiger partial charge is 0.238 e. The Hall–Kier alpha value is -1.30. The van der Waals surface area contributed by atoms with Gasteiger partial charge in [0.05, 0.1) is 23.9 Å². The lowest BCUT2D eigenvalue weighted by Crippen LogP contribution is -2.36. The van der Waals surface area contributed by atoms with Crippen LogP contribution in [0, 0.1) is 5.92 Å². The minimum atomic E-state index is -0.0825. The van der Waals surface area contributed by atoms with E-state index in [0.29, 0.717) is 28.9 Å². The highest BCUT2D eigenvalue weighted by molar-refractivity contribution is 6.34. The summed E-state index contributed by atoms with van der Waals surface area (Å²) in [5, 5.41) is 3.26. The summed E-state index contributed by atoms with van der Waals surface area (Å²) >= 11 is 6.04. The van der Waals surface area contributed by atoms with Crippen molar-refractivity contribution in [3.63, 3.8) is 0 Å². The van der Waals surface area contributed by atoms with Crippen molar-refractivity contribution in [2.75, 3.05) is 44.4 Å². The monoisotopic (exact) mass is 311 g/mol. The van der Waals surface area contributed by atoms with Crippen molar-refractivity contribution in [3.8, 4) is 0 Å². The zero-order valence-corrected chi connectivity index (χ0v) is 13.0. The minimum Gasteiger partial charge on any atom is -0.399 e. The summed E-state index contributed by atoms with van der Waals surface area (Å²) in [6.07, 6.45) is 2.27. The SMILES string of the molecule is CN(CC(=O)Nc1ccc(N)cc1Cl)CC1CCCOC1. The fourth-order valence-electron chi connectivity index (χ4n) is 2.52. The topological polar surface area (TPSA) is 67.6 Å². The molecule has 3 N–H and O–H groups in total. The number of nitrogens with two attached hydrogens (primary N) is 1. The molecule has 2 rings (SSSR count). The molecular weight excluding hydrogens is 290 g/mol. The maximum Gasteiger partial charge on any atom is 0.238 e. The number of carbonyl (C=O) groups excluding carboxylic acids is 1. The molecule has 5 nitrogen and oxygen atoms in total. The fourth-order valence-corrected chi connectivity index (χ4v) is 2.76. The molecule has 1 saturated heterocycles. The summed E-state index contributed by atoms with van der Waals surface area (Å²) in [4.78, 5) is 14.0. The zero-order chi connectivity index (χ0) is 15.2. The van der Waals surface area contributed by atoms with Crippen molar-refractivity contribution in [1.29, 1.82) is 0 Å². The first-order valence-corrected chi connectivity index (χ1v) is 7.53. The molecule has 1 unspecified atom stereocenters. The van der Waals surface area contributed by atoms with E-state index in [4.69, 9.17) is 22.1 Å². The predicted molar refractivity (Wildman–Crippen MR) is 85.5 cm³/mol. The van der Waals surface area contributed by atoms with Crippen LogP contribution in [0.4, 0.5) is 11.4 Å². The quantitative estimate of drug-likeness (QED) is 0.818. The molecule has 1 aliphatic rings. The summed E-state index contributed by atoms with van der Waals surface area (Å²) < 4.78 is 5.45. The Balaban J connectivity index is 1.80. The number of benzene rings is 1. The first-order chi connectivity index (χ1) is 10.0. The summed E-state index contributed by atoms with van der Waals surface area (Å²) in [6.45, 7) is 2.84. The lowest BCUT2D eigenvalue weighted by atomic mass is 10.0. The fraction of sp³-hybridized carbons (Fsp3) is 0.533. The standard InChI is InChI=1S/C15H22ClN3O2/c1-19(8-11-3-2-6-21-10-11)9-15(20)18-14-5-4-12(17)7-13(14)16/h4-5,7,11H,2-3,6,8-10,17H2,1H3,(H,18,20). The number of nitrogens with zero attached hydrogens (tertiary/aromatic N) is 1. The second kappa shape index (κ2) is 7.64. The Morgan fingerprint density at radius 3 is 3.05 bits per heavy atom. The second-order valence-corrected chi connectivity index (χ2v) is 5.97. The largest absolute Gasteiger partial charge is 0.399 e.